The number of esters is 1. The maximum Gasteiger partial charge on any atom is 0.302 e. The number of carbonyl (C=O) groups excluding carboxylic acids is 1. The van der Waals surface area contributed by atoms with Crippen LogP contribution in [-0.2, 0) is 19.0 Å². The van der Waals surface area contributed by atoms with Crippen molar-refractivity contribution >= 4 is 5.97 Å². The van der Waals surface area contributed by atoms with Crippen molar-refractivity contribution in [1.82, 2.24) is 0 Å². The van der Waals surface area contributed by atoms with E-state index in [9.17, 15) is 4.79 Å². The molecule has 0 spiro atoms. The molecule has 120 valence electrons. The second-order valence-electron chi connectivity index (χ2n) is 7.06. The van der Waals surface area contributed by atoms with Gasteiger partial charge in [-0.15, -0.1) is 0 Å². The maximum atomic E-state index is 10.7. The summed E-state index contributed by atoms with van der Waals surface area (Å²) in [6, 6.07) is 0. The van der Waals surface area contributed by atoms with Crippen molar-refractivity contribution in [3.63, 3.8) is 0 Å². The molecule has 3 atom stereocenters. The first-order valence-corrected chi connectivity index (χ1v) is 7.87. The molecule has 2 rings (SSSR count). The first-order valence-electron chi connectivity index (χ1n) is 7.87. The zero-order valence-corrected chi connectivity index (χ0v) is 13.9. The van der Waals surface area contributed by atoms with Crippen LogP contribution in [0.4, 0.5) is 0 Å². The van der Waals surface area contributed by atoms with Crippen LogP contribution in [-0.4, -0.2) is 36.0 Å². The number of carbonyl (C=O) groups is 1. The summed E-state index contributed by atoms with van der Waals surface area (Å²) in [5, 5.41) is 0. The molecule has 2 saturated heterocycles. The lowest BCUT2D eigenvalue weighted by molar-refractivity contribution is -0.139. The maximum absolute atomic E-state index is 10.7. The molecule has 21 heavy (non-hydrogen) atoms. The van der Waals surface area contributed by atoms with E-state index in [1.807, 2.05) is 6.08 Å². The quantitative estimate of drug-likeness (QED) is 0.391. The van der Waals surface area contributed by atoms with Gasteiger partial charge in [-0.25, -0.2) is 0 Å². The molecule has 4 nitrogen and oxygen atoms in total. The van der Waals surface area contributed by atoms with Gasteiger partial charge in [-0.2, -0.15) is 0 Å². The van der Waals surface area contributed by atoms with Gasteiger partial charge in [-0.3, -0.25) is 4.79 Å². The molecule has 2 fully saturated rings. The Morgan fingerprint density at radius 3 is 2.38 bits per heavy atom. The van der Waals surface area contributed by atoms with Crippen molar-refractivity contribution in [3.05, 3.63) is 11.6 Å². The number of ether oxygens (including phenoxy) is 3. The molecule has 0 aliphatic carbocycles. The number of allylic oxidation sites excluding steroid dienone is 1. The van der Waals surface area contributed by atoms with Crippen LogP contribution in [0.2, 0.25) is 0 Å². The Morgan fingerprint density at radius 2 is 1.81 bits per heavy atom. The molecule has 2 heterocycles. The van der Waals surface area contributed by atoms with Gasteiger partial charge in [0.05, 0.1) is 23.4 Å². The zero-order valence-electron chi connectivity index (χ0n) is 13.9. The predicted molar refractivity (Wildman–Crippen MR) is 81.1 cm³/mol. The predicted octanol–water partition coefficient (Wildman–Crippen LogP) is 3.39. The van der Waals surface area contributed by atoms with Crippen molar-refractivity contribution in [3.8, 4) is 0 Å². The average molecular weight is 296 g/mol. The van der Waals surface area contributed by atoms with E-state index in [-0.39, 0.29) is 17.2 Å². The lowest BCUT2D eigenvalue weighted by Gasteiger charge is -2.06. The summed E-state index contributed by atoms with van der Waals surface area (Å²) in [5.41, 5.74) is 1.37. The van der Waals surface area contributed by atoms with Gasteiger partial charge in [0.2, 0.25) is 0 Å². The highest BCUT2D eigenvalue weighted by Crippen LogP contribution is 2.47. The monoisotopic (exact) mass is 296 g/mol. The first-order chi connectivity index (χ1) is 9.73. The fourth-order valence-corrected chi connectivity index (χ4v) is 2.79. The third-order valence-corrected chi connectivity index (χ3v) is 4.62. The summed E-state index contributed by atoms with van der Waals surface area (Å²) in [6.45, 7) is 10.4. The van der Waals surface area contributed by atoms with Crippen molar-refractivity contribution in [2.24, 2.45) is 0 Å². The van der Waals surface area contributed by atoms with E-state index in [0.29, 0.717) is 18.8 Å². The summed E-state index contributed by atoms with van der Waals surface area (Å²) >= 11 is 0. The molecule has 0 radical (unpaired) electrons. The first kappa shape index (κ1) is 16.5. The molecule has 4 heteroatoms. The highest BCUT2D eigenvalue weighted by molar-refractivity contribution is 5.66. The van der Waals surface area contributed by atoms with Crippen molar-refractivity contribution in [2.45, 2.75) is 83.7 Å². The molecule has 0 aromatic rings. The van der Waals surface area contributed by atoms with Gasteiger partial charge in [0, 0.05) is 6.92 Å². The van der Waals surface area contributed by atoms with Crippen LogP contribution in [0.3, 0.4) is 0 Å². The average Bonchev–Trinajstić information content (AvgIpc) is 3.21. The molecule has 0 bridgehead atoms. The highest BCUT2D eigenvalue weighted by atomic mass is 16.6. The van der Waals surface area contributed by atoms with Crippen LogP contribution in [0, 0.1) is 0 Å². The van der Waals surface area contributed by atoms with Gasteiger partial charge in [-0.1, -0.05) is 5.57 Å². The van der Waals surface area contributed by atoms with Crippen LogP contribution < -0.4 is 0 Å². The van der Waals surface area contributed by atoms with Crippen molar-refractivity contribution in [2.75, 3.05) is 6.61 Å². The SMILES string of the molecule is CC(=O)OC/C=C(\C)CC[C@@H]1O[C@@]1(C)CC[C@H]1OC1(C)C. The van der Waals surface area contributed by atoms with Crippen molar-refractivity contribution in [1.29, 1.82) is 0 Å². The van der Waals surface area contributed by atoms with Crippen molar-refractivity contribution < 1.29 is 19.0 Å². The number of rotatable bonds is 8. The Labute approximate surface area is 127 Å². The van der Waals surface area contributed by atoms with E-state index in [1.54, 1.807) is 0 Å². The largest absolute Gasteiger partial charge is 0.462 e. The smallest absolute Gasteiger partial charge is 0.302 e. The summed E-state index contributed by atoms with van der Waals surface area (Å²) in [6.07, 6.45) is 6.92. The molecule has 0 amide bonds. The van der Waals surface area contributed by atoms with Gasteiger partial charge in [0.15, 0.2) is 0 Å². The Hall–Kier alpha value is -0.870. The zero-order chi connectivity index (χ0) is 15.7. The van der Waals surface area contributed by atoms with E-state index in [1.165, 1.54) is 12.5 Å². The topological polar surface area (TPSA) is 51.4 Å². The fraction of sp³-hybridized carbons (Fsp3) is 0.824. The third-order valence-electron chi connectivity index (χ3n) is 4.62. The molecule has 2 aliphatic heterocycles. The Balaban J connectivity index is 1.61. The minimum absolute atomic E-state index is 0.0399. The Kier molecular flexibility index (Phi) is 4.79. The molecule has 0 saturated carbocycles. The molecule has 0 N–H and O–H groups in total. The fourth-order valence-electron chi connectivity index (χ4n) is 2.79. The standard InChI is InChI=1S/C17H28O4/c1-12(9-11-19-13(2)18)6-7-15-17(5,21-15)10-8-14-16(3,4)20-14/h9,14-15H,6-8,10-11H2,1-5H3/b12-9+/t14-,15+,17+/m1/s1. The van der Waals surface area contributed by atoms with E-state index in [2.05, 4.69) is 27.7 Å². The minimum Gasteiger partial charge on any atom is -0.462 e. The van der Waals surface area contributed by atoms with Gasteiger partial charge >= 0.3 is 5.97 Å². The summed E-state index contributed by atoms with van der Waals surface area (Å²) in [4.78, 5) is 10.7. The third kappa shape index (κ3) is 4.82. The van der Waals surface area contributed by atoms with Crippen LogP contribution in [0.15, 0.2) is 11.6 Å². The summed E-state index contributed by atoms with van der Waals surface area (Å²) in [7, 11) is 0. The van der Waals surface area contributed by atoms with Gasteiger partial charge in [0.25, 0.3) is 0 Å². The second kappa shape index (κ2) is 6.09. The molecular weight excluding hydrogens is 268 g/mol. The Morgan fingerprint density at radius 1 is 1.14 bits per heavy atom. The van der Waals surface area contributed by atoms with E-state index < -0.39 is 0 Å². The second-order valence-corrected chi connectivity index (χ2v) is 7.06. The number of hydrogen-bond acceptors (Lipinski definition) is 4. The van der Waals surface area contributed by atoms with Crippen LogP contribution in [0.1, 0.15) is 60.3 Å². The molecular formula is C17H28O4. The van der Waals surface area contributed by atoms with Crippen LogP contribution >= 0.6 is 0 Å². The van der Waals surface area contributed by atoms with E-state index in [0.717, 1.165) is 25.7 Å². The number of hydrogen-bond donors (Lipinski definition) is 0. The number of epoxide rings is 2. The van der Waals surface area contributed by atoms with Gasteiger partial charge in [-0.05, 0) is 59.5 Å². The van der Waals surface area contributed by atoms with E-state index >= 15 is 0 Å². The van der Waals surface area contributed by atoms with Crippen LogP contribution in [0.5, 0.6) is 0 Å². The summed E-state index contributed by atoms with van der Waals surface area (Å²) < 4.78 is 16.4. The van der Waals surface area contributed by atoms with Gasteiger partial charge < -0.3 is 14.2 Å². The molecule has 0 unspecified atom stereocenters. The van der Waals surface area contributed by atoms with E-state index in [4.69, 9.17) is 14.2 Å². The van der Waals surface area contributed by atoms with Gasteiger partial charge in [0.1, 0.15) is 6.61 Å². The Bertz CT molecular complexity index is 427. The summed E-state index contributed by atoms with van der Waals surface area (Å²) in [5.74, 6) is -0.234. The molecule has 2 aliphatic rings. The lowest BCUT2D eigenvalue weighted by atomic mass is 9.94. The van der Waals surface area contributed by atoms with Crippen LogP contribution in [0.25, 0.3) is 0 Å². The normalized spacial score (nSPS) is 33.7. The molecule has 0 aromatic heterocycles. The highest BCUT2D eigenvalue weighted by Gasteiger charge is 2.54. The molecule has 0 aromatic carbocycles. The minimum atomic E-state index is -0.234. The lowest BCUT2D eigenvalue weighted by Crippen LogP contribution is -2.13.